The monoisotopic (exact) mass is 347 g/mol. The second-order valence-electron chi connectivity index (χ2n) is 5.79. The summed E-state index contributed by atoms with van der Waals surface area (Å²) in [6, 6.07) is 8.26. The quantitative estimate of drug-likeness (QED) is 0.798. The Bertz CT molecular complexity index is 732. The molecule has 5 nitrogen and oxygen atoms in total. The predicted octanol–water partition coefficient (Wildman–Crippen LogP) is 2.38. The average Bonchev–Trinajstić information content (AvgIpc) is 2.90. The summed E-state index contributed by atoms with van der Waals surface area (Å²) >= 11 is 1.12. The van der Waals surface area contributed by atoms with Crippen LogP contribution < -0.4 is 10.2 Å². The van der Waals surface area contributed by atoms with E-state index in [1.54, 1.807) is 5.38 Å². The normalized spacial score (nSPS) is 11.0. The van der Waals surface area contributed by atoms with Crippen molar-refractivity contribution in [1.82, 2.24) is 14.8 Å². The van der Waals surface area contributed by atoms with Crippen LogP contribution >= 0.6 is 11.3 Å². The van der Waals surface area contributed by atoms with Crippen molar-refractivity contribution in [2.45, 2.75) is 40.4 Å². The van der Waals surface area contributed by atoms with Gasteiger partial charge in [-0.3, -0.25) is 19.1 Å². The first kappa shape index (κ1) is 18.4. The van der Waals surface area contributed by atoms with Gasteiger partial charge in [0.15, 0.2) is 0 Å². The molecule has 0 aliphatic rings. The summed E-state index contributed by atoms with van der Waals surface area (Å²) in [5.74, 6) is -0.146. The zero-order valence-corrected chi connectivity index (χ0v) is 15.4. The number of hydrogen-bond donors (Lipinski definition) is 1. The van der Waals surface area contributed by atoms with Gasteiger partial charge >= 0.3 is 4.87 Å². The van der Waals surface area contributed by atoms with Gasteiger partial charge < -0.3 is 5.32 Å². The highest BCUT2D eigenvalue weighted by Crippen LogP contribution is 2.08. The summed E-state index contributed by atoms with van der Waals surface area (Å²) in [5, 5.41) is 4.66. The number of aryl methyl sites for hydroxylation is 1. The number of benzene rings is 1. The molecular formula is C18H25N3O2S. The Morgan fingerprint density at radius 3 is 2.58 bits per heavy atom. The van der Waals surface area contributed by atoms with E-state index in [4.69, 9.17) is 0 Å². The highest BCUT2D eigenvalue weighted by molar-refractivity contribution is 7.07. The van der Waals surface area contributed by atoms with E-state index < -0.39 is 0 Å². The smallest absolute Gasteiger partial charge is 0.307 e. The van der Waals surface area contributed by atoms with Gasteiger partial charge in [0, 0.05) is 24.2 Å². The molecule has 1 heterocycles. The van der Waals surface area contributed by atoms with Crippen LogP contribution in [0.3, 0.4) is 0 Å². The van der Waals surface area contributed by atoms with Crippen molar-refractivity contribution in [3.8, 4) is 0 Å². The molecule has 0 radical (unpaired) electrons. The van der Waals surface area contributed by atoms with Gasteiger partial charge in [-0.1, -0.05) is 49.4 Å². The summed E-state index contributed by atoms with van der Waals surface area (Å²) in [4.78, 5) is 26.0. The number of thiazole rings is 1. The van der Waals surface area contributed by atoms with Gasteiger partial charge in [0.1, 0.15) is 6.54 Å². The first-order chi connectivity index (χ1) is 11.5. The molecule has 130 valence electrons. The number of nitrogens with one attached hydrogen (secondary N) is 1. The van der Waals surface area contributed by atoms with E-state index in [1.165, 1.54) is 10.1 Å². The molecule has 24 heavy (non-hydrogen) atoms. The second-order valence-corrected chi connectivity index (χ2v) is 6.61. The molecule has 0 atom stereocenters. The Hall–Kier alpha value is -1.92. The van der Waals surface area contributed by atoms with Crippen LogP contribution in [-0.4, -0.2) is 28.5 Å². The van der Waals surface area contributed by atoms with Crippen LogP contribution in [0.4, 0.5) is 0 Å². The topological polar surface area (TPSA) is 54.3 Å². The molecule has 0 saturated carbocycles. The lowest BCUT2D eigenvalue weighted by molar-refractivity contribution is -0.121. The third-order valence-corrected chi connectivity index (χ3v) is 4.94. The van der Waals surface area contributed by atoms with Crippen LogP contribution in [-0.2, 0) is 24.4 Å². The molecule has 0 unspecified atom stereocenters. The maximum absolute atomic E-state index is 12.1. The second kappa shape index (κ2) is 8.80. The largest absolute Gasteiger partial charge is 0.350 e. The molecule has 1 N–H and O–H groups in total. The van der Waals surface area contributed by atoms with Crippen molar-refractivity contribution in [3.05, 3.63) is 56.1 Å². The summed E-state index contributed by atoms with van der Waals surface area (Å²) in [5.41, 5.74) is 3.14. The van der Waals surface area contributed by atoms with E-state index in [-0.39, 0.29) is 17.3 Å². The number of hydrogen-bond acceptors (Lipinski definition) is 4. The third kappa shape index (κ3) is 5.04. The number of carbonyl (C=O) groups is 1. The van der Waals surface area contributed by atoms with Crippen LogP contribution in [0.5, 0.6) is 0 Å². The van der Waals surface area contributed by atoms with Gasteiger partial charge in [-0.2, -0.15) is 0 Å². The van der Waals surface area contributed by atoms with Crippen LogP contribution in [0, 0.1) is 6.92 Å². The van der Waals surface area contributed by atoms with E-state index in [0.717, 1.165) is 42.2 Å². The summed E-state index contributed by atoms with van der Waals surface area (Å²) < 4.78 is 1.50. The molecule has 0 aliphatic carbocycles. The fraction of sp³-hybridized carbons (Fsp3) is 0.444. The standard InChI is InChI=1S/C18H25N3O2S/c1-4-20(5-2)11-16-8-6-7-15(9-16)10-19-17(22)12-21-14(3)13-24-18(21)23/h6-9,13H,4-5,10-12H2,1-3H3,(H,19,22). The van der Waals surface area contributed by atoms with Crippen LogP contribution in [0.2, 0.25) is 0 Å². The average molecular weight is 347 g/mol. The van der Waals surface area contributed by atoms with Crippen LogP contribution in [0.25, 0.3) is 0 Å². The lowest BCUT2D eigenvalue weighted by Crippen LogP contribution is -2.30. The molecule has 2 aromatic rings. The minimum absolute atomic E-state index is 0.0767. The highest BCUT2D eigenvalue weighted by Gasteiger charge is 2.08. The molecule has 1 amide bonds. The Labute approximate surface area is 146 Å². The highest BCUT2D eigenvalue weighted by atomic mass is 32.1. The Balaban J connectivity index is 1.92. The van der Waals surface area contributed by atoms with E-state index in [1.807, 2.05) is 19.1 Å². The number of rotatable bonds is 8. The molecule has 0 fully saturated rings. The van der Waals surface area contributed by atoms with Gasteiger partial charge in [0.2, 0.25) is 5.91 Å². The fourth-order valence-corrected chi connectivity index (χ4v) is 3.27. The number of nitrogens with zero attached hydrogens (tertiary/aromatic N) is 2. The van der Waals surface area contributed by atoms with Crippen LogP contribution in [0.15, 0.2) is 34.4 Å². The van der Waals surface area contributed by atoms with E-state index >= 15 is 0 Å². The van der Waals surface area contributed by atoms with Gasteiger partial charge in [0.25, 0.3) is 0 Å². The maximum Gasteiger partial charge on any atom is 0.307 e. The molecule has 6 heteroatoms. The Morgan fingerprint density at radius 1 is 1.25 bits per heavy atom. The summed E-state index contributed by atoms with van der Waals surface area (Å²) in [7, 11) is 0. The molecular weight excluding hydrogens is 322 g/mol. The molecule has 0 aliphatic heterocycles. The van der Waals surface area contributed by atoms with E-state index in [9.17, 15) is 9.59 Å². The lowest BCUT2D eigenvalue weighted by Gasteiger charge is -2.18. The molecule has 2 rings (SSSR count). The van der Waals surface area contributed by atoms with Crippen molar-refractivity contribution < 1.29 is 4.79 Å². The van der Waals surface area contributed by atoms with Gasteiger partial charge in [0.05, 0.1) is 0 Å². The summed E-state index contributed by atoms with van der Waals surface area (Å²) in [6.07, 6.45) is 0. The van der Waals surface area contributed by atoms with Gasteiger partial charge in [-0.15, -0.1) is 0 Å². The molecule has 1 aromatic heterocycles. The van der Waals surface area contributed by atoms with Crippen molar-refractivity contribution >= 4 is 17.2 Å². The van der Waals surface area contributed by atoms with Crippen molar-refractivity contribution in [1.29, 1.82) is 0 Å². The molecule has 0 bridgehead atoms. The van der Waals surface area contributed by atoms with Crippen molar-refractivity contribution in [3.63, 3.8) is 0 Å². The van der Waals surface area contributed by atoms with Crippen molar-refractivity contribution in [2.24, 2.45) is 0 Å². The summed E-state index contributed by atoms with van der Waals surface area (Å²) in [6.45, 7) is 9.65. The minimum Gasteiger partial charge on any atom is -0.350 e. The van der Waals surface area contributed by atoms with Gasteiger partial charge in [-0.05, 0) is 31.1 Å². The van der Waals surface area contributed by atoms with E-state index in [2.05, 4.69) is 36.2 Å². The number of aromatic nitrogens is 1. The van der Waals surface area contributed by atoms with Crippen molar-refractivity contribution in [2.75, 3.05) is 13.1 Å². The third-order valence-electron chi connectivity index (χ3n) is 4.06. The first-order valence-electron chi connectivity index (χ1n) is 8.25. The zero-order valence-electron chi connectivity index (χ0n) is 14.5. The predicted molar refractivity (Wildman–Crippen MR) is 98.2 cm³/mol. The maximum atomic E-state index is 12.1. The lowest BCUT2D eigenvalue weighted by atomic mass is 10.1. The fourth-order valence-electron chi connectivity index (χ4n) is 2.54. The zero-order chi connectivity index (χ0) is 17.5. The van der Waals surface area contributed by atoms with Gasteiger partial charge in [-0.25, -0.2) is 0 Å². The van der Waals surface area contributed by atoms with E-state index in [0.29, 0.717) is 6.54 Å². The SMILES string of the molecule is CCN(CC)Cc1cccc(CNC(=O)Cn2c(C)csc2=O)c1. The minimum atomic E-state index is -0.146. The number of carbonyl (C=O) groups excluding carboxylic acids is 1. The molecule has 1 aromatic carbocycles. The number of amides is 1. The van der Waals surface area contributed by atoms with Crippen LogP contribution in [0.1, 0.15) is 30.7 Å². The molecule has 0 saturated heterocycles. The first-order valence-corrected chi connectivity index (χ1v) is 9.13. The Morgan fingerprint density at radius 2 is 1.96 bits per heavy atom. The molecule has 0 spiro atoms. The Kier molecular flexibility index (Phi) is 6.75.